The van der Waals surface area contributed by atoms with Gasteiger partial charge in [0.05, 0.1) is 5.69 Å². The molecule has 0 aromatic heterocycles. The Morgan fingerprint density at radius 3 is 2.60 bits per heavy atom. The minimum absolute atomic E-state index is 0.172. The van der Waals surface area contributed by atoms with Crippen LogP contribution in [0.5, 0.6) is 0 Å². The third-order valence-electron chi connectivity index (χ3n) is 4.18. The molecule has 25 heavy (non-hydrogen) atoms. The summed E-state index contributed by atoms with van der Waals surface area (Å²) in [5.41, 5.74) is 6.12. The molecule has 1 heterocycles. The second-order valence-electron chi connectivity index (χ2n) is 5.95. The first-order chi connectivity index (χ1) is 11.9. The highest BCUT2D eigenvalue weighted by Crippen LogP contribution is 2.24. The molecule has 1 aliphatic rings. The second-order valence-corrected chi connectivity index (χ2v) is 5.95. The Morgan fingerprint density at radius 2 is 1.88 bits per heavy atom. The zero-order valence-electron chi connectivity index (χ0n) is 13.3. The Morgan fingerprint density at radius 1 is 1.12 bits per heavy atom. The molecule has 7 heteroatoms. The van der Waals surface area contributed by atoms with Crippen molar-refractivity contribution in [2.24, 2.45) is 5.73 Å². The highest BCUT2D eigenvalue weighted by atomic mass is 19.1. The van der Waals surface area contributed by atoms with E-state index in [1.807, 2.05) is 0 Å². The highest BCUT2D eigenvalue weighted by Gasteiger charge is 2.26. The van der Waals surface area contributed by atoms with Crippen LogP contribution in [0.3, 0.4) is 0 Å². The number of hydrogen-bond acceptors (Lipinski definition) is 3. The van der Waals surface area contributed by atoms with Crippen molar-refractivity contribution < 1.29 is 18.4 Å². The zero-order valence-corrected chi connectivity index (χ0v) is 13.3. The number of primary amides is 1. The number of rotatable bonds is 4. The van der Waals surface area contributed by atoms with Crippen molar-refractivity contribution in [3.8, 4) is 0 Å². The molecule has 1 fully saturated rings. The Bertz CT molecular complexity index is 826. The van der Waals surface area contributed by atoms with Crippen molar-refractivity contribution in [2.75, 3.05) is 18.0 Å². The van der Waals surface area contributed by atoms with E-state index in [4.69, 9.17) is 5.73 Å². The lowest BCUT2D eigenvalue weighted by Crippen LogP contribution is -2.37. The first-order valence-electron chi connectivity index (χ1n) is 7.85. The summed E-state index contributed by atoms with van der Waals surface area (Å²) >= 11 is 0. The van der Waals surface area contributed by atoms with Gasteiger partial charge in [-0.25, -0.2) is 8.78 Å². The molecule has 2 aromatic rings. The standard InChI is InChI=1S/C18H17F2N3O2/c19-13-4-5-16(15(20)9-13)23-7-6-14(10-23)22-18(25)12-3-1-2-11(8-12)17(21)24/h1-5,8-9,14H,6-7,10H2,(H2,21,24)(H,22,25). The molecule has 1 unspecified atom stereocenters. The van der Waals surface area contributed by atoms with E-state index in [-0.39, 0.29) is 17.5 Å². The summed E-state index contributed by atoms with van der Waals surface area (Å²) < 4.78 is 26.9. The molecule has 1 atom stereocenters. The van der Waals surface area contributed by atoms with Crippen LogP contribution in [0.15, 0.2) is 42.5 Å². The number of halogens is 2. The van der Waals surface area contributed by atoms with Crippen LogP contribution in [0.1, 0.15) is 27.1 Å². The number of nitrogens with two attached hydrogens (primary N) is 1. The number of benzene rings is 2. The van der Waals surface area contributed by atoms with Gasteiger partial charge in [-0.15, -0.1) is 0 Å². The smallest absolute Gasteiger partial charge is 0.251 e. The summed E-state index contributed by atoms with van der Waals surface area (Å²) in [4.78, 5) is 25.3. The summed E-state index contributed by atoms with van der Waals surface area (Å²) in [6.07, 6.45) is 0.637. The lowest BCUT2D eigenvalue weighted by Gasteiger charge is -2.19. The summed E-state index contributed by atoms with van der Waals surface area (Å²) in [7, 11) is 0. The van der Waals surface area contributed by atoms with E-state index in [1.165, 1.54) is 24.3 Å². The molecule has 0 saturated carbocycles. The van der Waals surface area contributed by atoms with Crippen LogP contribution >= 0.6 is 0 Å². The van der Waals surface area contributed by atoms with Crippen molar-refractivity contribution >= 4 is 17.5 Å². The second kappa shape index (κ2) is 6.88. The van der Waals surface area contributed by atoms with Gasteiger partial charge in [-0.1, -0.05) is 6.07 Å². The molecule has 2 amide bonds. The number of carbonyl (C=O) groups excluding carboxylic acids is 2. The minimum Gasteiger partial charge on any atom is -0.367 e. The lowest BCUT2D eigenvalue weighted by molar-refractivity contribution is 0.0940. The maximum Gasteiger partial charge on any atom is 0.251 e. The quantitative estimate of drug-likeness (QED) is 0.891. The average molecular weight is 345 g/mol. The van der Waals surface area contributed by atoms with Crippen LogP contribution in [0.25, 0.3) is 0 Å². The zero-order chi connectivity index (χ0) is 18.0. The molecule has 0 bridgehead atoms. The maximum atomic E-state index is 13.9. The Kier molecular flexibility index (Phi) is 4.65. The average Bonchev–Trinajstić information content (AvgIpc) is 3.03. The molecule has 0 spiro atoms. The van der Waals surface area contributed by atoms with Crippen LogP contribution in [-0.4, -0.2) is 30.9 Å². The number of hydrogen-bond donors (Lipinski definition) is 2. The van der Waals surface area contributed by atoms with E-state index in [2.05, 4.69) is 5.32 Å². The Labute approximate surface area is 143 Å². The predicted octanol–water partition coefficient (Wildman–Crippen LogP) is 2.07. The molecule has 0 aliphatic carbocycles. The van der Waals surface area contributed by atoms with Gasteiger partial charge >= 0.3 is 0 Å². The molecular formula is C18H17F2N3O2. The van der Waals surface area contributed by atoms with Gasteiger partial charge in [0.2, 0.25) is 5.91 Å². The summed E-state index contributed by atoms with van der Waals surface area (Å²) in [5, 5.41) is 2.86. The number of nitrogens with zero attached hydrogens (tertiary/aromatic N) is 1. The molecule has 5 nitrogen and oxygen atoms in total. The summed E-state index contributed by atoms with van der Waals surface area (Å²) in [6.45, 7) is 0.971. The van der Waals surface area contributed by atoms with Crippen LogP contribution in [0, 0.1) is 11.6 Å². The van der Waals surface area contributed by atoms with Gasteiger partial charge in [-0.2, -0.15) is 0 Å². The van der Waals surface area contributed by atoms with Crippen LogP contribution in [0.2, 0.25) is 0 Å². The van der Waals surface area contributed by atoms with Crippen LogP contribution < -0.4 is 16.0 Å². The monoisotopic (exact) mass is 345 g/mol. The maximum absolute atomic E-state index is 13.9. The third-order valence-corrected chi connectivity index (χ3v) is 4.18. The fourth-order valence-electron chi connectivity index (χ4n) is 2.92. The molecular weight excluding hydrogens is 328 g/mol. The summed E-state index contributed by atoms with van der Waals surface area (Å²) in [6, 6.07) is 9.42. The van der Waals surface area contributed by atoms with Gasteiger partial charge in [0.1, 0.15) is 11.6 Å². The van der Waals surface area contributed by atoms with Gasteiger partial charge in [-0.05, 0) is 36.8 Å². The van der Waals surface area contributed by atoms with E-state index < -0.39 is 17.5 Å². The van der Waals surface area contributed by atoms with E-state index >= 15 is 0 Å². The van der Waals surface area contributed by atoms with Crippen molar-refractivity contribution in [1.82, 2.24) is 5.32 Å². The molecule has 1 saturated heterocycles. The Balaban J connectivity index is 1.66. The van der Waals surface area contributed by atoms with Gasteiger partial charge < -0.3 is 16.0 Å². The predicted molar refractivity (Wildman–Crippen MR) is 89.4 cm³/mol. The molecule has 1 aliphatic heterocycles. The lowest BCUT2D eigenvalue weighted by atomic mass is 10.1. The summed E-state index contributed by atoms with van der Waals surface area (Å²) in [5.74, 6) is -2.18. The fraction of sp³-hybridized carbons (Fsp3) is 0.222. The first kappa shape index (κ1) is 16.9. The van der Waals surface area contributed by atoms with E-state index in [9.17, 15) is 18.4 Å². The fourth-order valence-corrected chi connectivity index (χ4v) is 2.92. The Hall–Kier alpha value is -2.96. The van der Waals surface area contributed by atoms with Crippen molar-refractivity contribution in [3.05, 3.63) is 65.2 Å². The van der Waals surface area contributed by atoms with E-state index in [1.54, 1.807) is 17.0 Å². The number of carbonyl (C=O) groups is 2. The number of nitrogens with one attached hydrogen (secondary N) is 1. The van der Waals surface area contributed by atoms with E-state index in [0.717, 1.165) is 6.07 Å². The van der Waals surface area contributed by atoms with Crippen LogP contribution in [0.4, 0.5) is 14.5 Å². The van der Waals surface area contributed by atoms with Crippen molar-refractivity contribution in [2.45, 2.75) is 12.5 Å². The van der Waals surface area contributed by atoms with Crippen molar-refractivity contribution in [3.63, 3.8) is 0 Å². The third kappa shape index (κ3) is 3.76. The number of anilines is 1. The molecule has 3 N–H and O–H groups in total. The first-order valence-corrected chi connectivity index (χ1v) is 7.85. The van der Waals surface area contributed by atoms with Gasteiger partial charge in [0, 0.05) is 36.3 Å². The van der Waals surface area contributed by atoms with E-state index in [0.29, 0.717) is 30.8 Å². The van der Waals surface area contributed by atoms with Gasteiger partial charge in [-0.3, -0.25) is 9.59 Å². The molecule has 130 valence electrons. The molecule has 3 rings (SSSR count). The molecule has 2 aromatic carbocycles. The normalized spacial score (nSPS) is 16.7. The van der Waals surface area contributed by atoms with Gasteiger partial charge in [0.25, 0.3) is 5.91 Å². The van der Waals surface area contributed by atoms with Crippen LogP contribution in [-0.2, 0) is 0 Å². The minimum atomic E-state index is -0.625. The highest BCUT2D eigenvalue weighted by molar-refractivity contribution is 5.99. The largest absolute Gasteiger partial charge is 0.367 e. The SMILES string of the molecule is NC(=O)c1cccc(C(=O)NC2CCN(c3ccc(F)cc3F)C2)c1. The van der Waals surface area contributed by atoms with Gasteiger partial charge in [0.15, 0.2) is 0 Å². The molecule has 0 radical (unpaired) electrons. The van der Waals surface area contributed by atoms with Crippen molar-refractivity contribution in [1.29, 1.82) is 0 Å². The number of amides is 2. The topological polar surface area (TPSA) is 75.4 Å².